The standard InChI is InChI=1S/C14H17N5O2.2ClH/c1-10-13(21-9-17-10)14(20)18-12-3-2-11(8-16-12)19-6-4-15-5-7-19;;/h2-3,8-9,15H,4-7H2,1H3,(H,16,18,20);2*1H. The summed E-state index contributed by atoms with van der Waals surface area (Å²) >= 11 is 0. The first-order chi connectivity index (χ1) is 10.2. The van der Waals surface area contributed by atoms with E-state index >= 15 is 0 Å². The molecule has 0 saturated carbocycles. The first kappa shape index (κ1) is 19.2. The minimum Gasteiger partial charge on any atom is -0.438 e. The van der Waals surface area contributed by atoms with Crippen LogP contribution in [0.5, 0.6) is 0 Å². The van der Waals surface area contributed by atoms with Crippen LogP contribution in [0.1, 0.15) is 16.2 Å². The maximum atomic E-state index is 12.0. The molecule has 23 heavy (non-hydrogen) atoms. The van der Waals surface area contributed by atoms with E-state index in [1.54, 1.807) is 19.2 Å². The number of nitrogens with one attached hydrogen (secondary N) is 2. The molecule has 2 aromatic rings. The summed E-state index contributed by atoms with van der Waals surface area (Å²) in [5.41, 5.74) is 1.62. The van der Waals surface area contributed by atoms with Crippen LogP contribution in [-0.2, 0) is 0 Å². The Morgan fingerprint density at radius 2 is 2.00 bits per heavy atom. The lowest BCUT2D eigenvalue weighted by atomic mass is 10.3. The molecule has 9 heteroatoms. The number of nitrogens with zero attached hydrogens (tertiary/aromatic N) is 3. The number of pyridine rings is 1. The first-order valence-electron chi connectivity index (χ1n) is 6.87. The van der Waals surface area contributed by atoms with Gasteiger partial charge in [-0.2, -0.15) is 0 Å². The number of carbonyl (C=O) groups is 1. The summed E-state index contributed by atoms with van der Waals surface area (Å²) in [6.07, 6.45) is 3.03. The molecule has 0 radical (unpaired) electrons. The van der Waals surface area contributed by atoms with Crippen molar-refractivity contribution in [1.82, 2.24) is 15.3 Å². The zero-order valence-electron chi connectivity index (χ0n) is 12.6. The van der Waals surface area contributed by atoms with Crippen LogP contribution in [0.3, 0.4) is 0 Å². The van der Waals surface area contributed by atoms with Crippen LogP contribution in [-0.4, -0.2) is 42.1 Å². The Morgan fingerprint density at radius 1 is 1.26 bits per heavy atom. The molecule has 1 amide bonds. The number of carbonyl (C=O) groups excluding carboxylic acids is 1. The molecule has 1 aliphatic heterocycles. The summed E-state index contributed by atoms with van der Waals surface area (Å²) in [5.74, 6) is 0.366. The Kier molecular flexibility index (Phi) is 7.28. The highest BCUT2D eigenvalue weighted by molar-refractivity contribution is 6.02. The number of rotatable bonds is 3. The van der Waals surface area contributed by atoms with E-state index in [1.165, 1.54) is 6.39 Å². The van der Waals surface area contributed by atoms with Gasteiger partial charge in [0, 0.05) is 26.2 Å². The van der Waals surface area contributed by atoms with Crippen LogP contribution in [0.4, 0.5) is 11.5 Å². The van der Waals surface area contributed by atoms with Gasteiger partial charge in [-0.1, -0.05) is 0 Å². The van der Waals surface area contributed by atoms with E-state index in [0.29, 0.717) is 11.5 Å². The van der Waals surface area contributed by atoms with Crippen molar-refractivity contribution in [3.63, 3.8) is 0 Å². The van der Waals surface area contributed by atoms with Crippen molar-refractivity contribution in [2.45, 2.75) is 6.92 Å². The van der Waals surface area contributed by atoms with Crippen LogP contribution in [0.25, 0.3) is 0 Å². The fraction of sp³-hybridized carbons (Fsp3) is 0.357. The van der Waals surface area contributed by atoms with Crippen molar-refractivity contribution in [3.05, 3.63) is 36.2 Å². The average Bonchev–Trinajstić information content (AvgIpc) is 2.95. The fourth-order valence-electron chi connectivity index (χ4n) is 2.26. The molecule has 0 bridgehead atoms. The van der Waals surface area contributed by atoms with Gasteiger partial charge in [-0.15, -0.1) is 24.8 Å². The Balaban J connectivity index is 0.00000132. The monoisotopic (exact) mass is 359 g/mol. The highest BCUT2D eigenvalue weighted by Gasteiger charge is 2.15. The third kappa shape index (κ3) is 4.57. The molecule has 1 fully saturated rings. The van der Waals surface area contributed by atoms with Crippen molar-refractivity contribution in [1.29, 1.82) is 0 Å². The van der Waals surface area contributed by atoms with E-state index in [-0.39, 0.29) is 36.5 Å². The smallest absolute Gasteiger partial charge is 0.294 e. The quantitative estimate of drug-likeness (QED) is 0.870. The summed E-state index contributed by atoms with van der Waals surface area (Å²) < 4.78 is 5.05. The summed E-state index contributed by atoms with van der Waals surface area (Å²) in [6, 6.07) is 3.75. The molecule has 0 aromatic carbocycles. The molecule has 0 atom stereocenters. The van der Waals surface area contributed by atoms with Gasteiger partial charge >= 0.3 is 0 Å². The highest BCUT2D eigenvalue weighted by Crippen LogP contribution is 2.16. The van der Waals surface area contributed by atoms with E-state index < -0.39 is 0 Å². The second kappa shape index (κ2) is 8.71. The number of anilines is 2. The van der Waals surface area contributed by atoms with Gasteiger partial charge in [0.05, 0.1) is 17.6 Å². The lowest BCUT2D eigenvalue weighted by molar-refractivity contribution is 0.0995. The van der Waals surface area contributed by atoms with Gasteiger partial charge in [0.15, 0.2) is 6.39 Å². The maximum Gasteiger partial charge on any atom is 0.294 e. The largest absolute Gasteiger partial charge is 0.438 e. The van der Waals surface area contributed by atoms with Gasteiger partial charge in [0.1, 0.15) is 5.82 Å². The third-order valence-corrected chi connectivity index (χ3v) is 3.42. The third-order valence-electron chi connectivity index (χ3n) is 3.42. The number of piperazine rings is 1. The second-order valence-electron chi connectivity index (χ2n) is 4.86. The molecule has 7 nitrogen and oxygen atoms in total. The Bertz CT molecular complexity index is 626. The van der Waals surface area contributed by atoms with E-state index in [2.05, 4.69) is 25.5 Å². The van der Waals surface area contributed by atoms with Gasteiger partial charge in [-0.05, 0) is 19.1 Å². The van der Waals surface area contributed by atoms with Gasteiger partial charge in [-0.3, -0.25) is 4.79 Å². The summed E-state index contributed by atoms with van der Waals surface area (Å²) in [7, 11) is 0. The maximum absolute atomic E-state index is 12.0. The molecule has 0 spiro atoms. The lowest BCUT2D eigenvalue weighted by Gasteiger charge is -2.29. The van der Waals surface area contributed by atoms with E-state index in [1.807, 2.05) is 6.07 Å². The number of hydrogen-bond acceptors (Lipinski definition) is 6. The second-order valence-corrected chi connectivity index (χ2v) is 4.86. The normalized spacial score (nSPS) is 13.7. The summed E-state index contributed by atoms with van der Waals surface area (Å²) in [6.45, 7) is 5.60. The molecule has 2 N–H and O–H groups in total. The Hall–Kier alpha value is -1.83. The van der Waals surface area contributed by atoms with E-state index in [9.17, 15) is 4.79 Å². The van der Waals surface area contributed by atoms with Crippen LogP contribution in [0.15, 0.2) is 29.1 Å². The van der Waals surface area contributed by atoms with Crippen molar-refractivity contribution in [2.75, 3.05) is 36.4 Å². The topological polar surface area (TPSA) is 83.3 Å². The van der Waals surface area contributed by atoms with Crippen LogP contribution in [0, 0.1) is 6.92 Å². The van der Waals surface area contributed by atoms with Crippen LogP contribution >= 0.6 is 24.8 Å². The molecule has 0 aliphatic carbocycles. The van der Waals surface area contributed by atoms with Gasteiger partial charge < -0.3 is 20.0 Å². The predicted molar refractivity (Wildman–Crippen MR) is 93.0 cm³/mol. The van der Waals surface area contributed by atoms with Gasteiger partial charge in [0.2, 0.25) is 5.76 Å². The number of oxazole rings is 1. The summed E-state index contributed by atoms with van der Waals surface area (Å²) in [4.78, 5) is 22.4. The molecule has 1 aliphatic rings. The minimum atomic E-state index is -0.340. The molecular formula is C14H19Cl2N5O2. The Labute approximate surface area is 146 Å². The molecule has 1 saturated heterocycles. The molecule has 0 unspecified atom stereocenters. The van der Waals surface area contributed by atoms with Gasteiger partial charge in [-0.25, -0.2) is 9.97 Å². The average molecular weight is 360 g/mol. The first-order valence-corrected chi connectivity index (χ1v) is 6.87. The van der Waals surface area contributed by atoms with Crippen molar-refractivity contribution in [3.8, 4) is 0 Å². The molecule has 3 rings (SSSR count). The number of aryl methyl sites for hydroxylation is 1. The Morgan fingerprint density at radius 3 is 2.57 bits per heavy atom. The lowest BCUT2D eigenvalue weighted by Crippen LogP contribution is -2.43. The van der Waals surface area contributed by atoms with Gasteiger partial charge in [0.25, 0.3) is 5.91 Å². The van der Waals surface area contributed by atoms with E-state index in [0.717, 1.165) is 31.9 Å². The predicted octanol–water partition coefficient (Wildman–Crippen LogP) is 1.88. The van der Waals surface area contributed by atoms with Crippen molar-refractivity contribution in [2.24, 2.45) is 0 Å². The SMILES string of the molecule is Cc1ncoc1C(=O)Nc1ccc(N2CCNCC2)cn1.Cl.Cl. The van der Waals surface area contributed by atoms with Crippen molar-refractivity contribution >= 4 is 42.2 Å². The number of hydrogen-bond donors (Lipinski definition) is 2. The number of halogens is 2. The zero-order chi connectivity index (χ0) is 14.7. The molecule has 126 valence electrons. The summed E-state index contributed by atoms with van der Waals surface area (Å²) in [5, 5.41) is 6.01. The highest BCUT2D eigenvalue weighted by atomic mass is 35.5. The van der Waals surface area contributed by atoms with E-state index in [4.69, 9.17) is 4.42 Å². The molecule has 2 aromatic heterocycles. The zero-order valence-corrected chi connectivity index (χ0v) is 14.2. The van der Waals surface area contributed by atoms with Crippen molar-refractivity contribution < 1.29 is 9.21 Å². The number of amides is 1. The number of aromatic nitrogens is 2. The van der Waals surface area contributed by atoms with Crippen LogP contribution in [0.2, 0.25) is 0 Å². The fourth-order valence-corrected chi connectivity index (χ4v) is 2.26. The molecule has 3 heterocycles. The molecular weight excluding hydrogens is 341 g/mol. The van der Waals surface area contributed by atoms with Crippen LogP contribution < -0.4 is 15.5 Å². The minimum absolute atomic E-state index is 0.